The van der Waals surface area contributed by atoms with Gasteiger partial charge in [-0.15, -0.1) is 6.58 Å². The third-order valence-electron chi connectivity index (χ3n) is 4.95. The fraction of sp³-hybridized carbons (Fsp3) is 0.174. The molecule has 0 bridgehead atoms. The monoisotopic (exact) mass is 388 g/mol. The van der Waals surface area contributed by atoms with Gasteiger partial charge in [-0.1, -0.05) is 49.1 Å². The topological polar surface area (TPSA) is 85.3 Å². The Hall–Kier alpha value is -3.67. The van der Waals surface area contributed by atoms with E-state index >= 15 is 0 Å². The van der Waals surface area contributed by atoms with Crippen LogP contribution in [0.1, 0.15) is 34.0 Å². The summed E-state index contributed by atoms with van der Waals surface area (Å²) in [5.41, 5.74) is 1.90. The first-order chi connectivity index (χ1) is 13.9. The number of nitrogens with zero attached hydrogens (tertiary/aromatic N) is 1. The number of guanidine groups is 1. The van der Waals surface area contributed by atoms with Gasteiger partial charge in [0.2, 0.25) is 0 Å². The second-order valence-electron chi connectivity index (χ2n) is 7.02. The summed E-state index contributed by atoms with van der Waals surface area (Å²) in [5, 5.41) is 14.1. The number of carbonyl (C=O) groups excluding carboxylic acids is 2. The summed E-state index contributed by atoms with van der Waals surface area (Å²) < 4.78 is 0. The molecule has 0 aliphatic carbocycles. The van der Waals surface area contributed by atoms with Crippen LogP contribution in [0.4, 0.5) is 0 Å². The molecule has 1 atom stereocenters. The minimum absolute atomic E-state index is 0.0306. The highest BCUT2D eigenvalue weighted by Gasteiger charge is 2.47. The highest BCUT2D eigenvalue weighted by atomic mass is 16.2. The van der Waals surface area contributed by atoms with Crippen LogP contribution < -0.4 is 10.6 Å². The van der Waals surface area contributed by atoms with Gasteiger partial charge in [-0.25, -0.2) is 0 Å². The Bertz CT molecular complexity index is 998. The molecule has 0 spiro atoms. The van der Waals surface area contributed by atoms with Crippen molar-refractivity contribution in [3.8, 4) is 0 Å². The lowest BCUT2D eigenvalue weighted by atomic mass is 9.90. The van der Waals surface area contributed by atoms with Crippen LogP contribution in [-0.4, -0.2) is 29.2 Å². The minimum Gasteiger partial charge on any atom is -0.349 e. The summed E-state index contributed by atoms with van der Waals surface area (Å²) in [7, 11) is 0. The molecule has 0 aromatic heterocycles. The van der Waals surface area contributed by atoms with Gasteiger partial charge in [-0.05, 0) is 41.8 Å². The first-order valence-corrected chi connectivity index (χ1v) is 9.28. The Kier molecular flexibility index (Phi) is 5.64. The maximum atomic E-state index is 13.2. The number of hydrogen-bond donors (Lipinski definition) is 3. The van der Waals surface area contributed by atoms with Gasteiger partial charge in [0.25, 0.3) is 11.8 Å². The van der Waals surface area contributed by atoms with E-state index in [4.69, 9.17) is 5.41 Å². The number of hydrogen-bond acceptors (Lipinski definition) is 3. The van der Waals surface area contributed by atoms with Crippen molar-refractivity contribution >= 4 is 23.8 Å². The molecule has 29 heavy (non-hydrogen) atoms. The molecular formula is C23H24N4O2. The SMILES string of the molecule is C=CCNC(=O)c1cccc(CN2C(=N)NC(C)(c3cccc(C=C)c3)C2=O)c1. The molecule has 0 saturated carbocycles. The van der Waals surface area contributed by atoms with Gasteiger partial charge in [-0.2, -0.15) is 0 Å². The molecule has 1 fully saturated rings. The predicted molar refractivity (Wildman–Crippen MR) is 114 cm³/mol. The smallest absolute Gasteiger partial charge is 0.259 e. The quantitative estimate of drug-likeness (QED) is 0.638. The Morgan fingerprint density at radius 1 is 1.24 bits per heavy atom. The van der Waals surface area contributed by atoms with E-state index in [-0.39, 0.29) is 24.3 Å². The van der Waals surface area contributed by atoms with Crippen molar-refractivity contribution in [1.29, 1.82) is 5.41 Å². The average molecular weight is 388 g/mol. The summed E-state index contributed by atoms with van der Waals surface area (Å²) in [4.78, 5) is 26.8. The molecule has 3 rings (SSSR count). The normalized spacial score (nSPS) is 18.3. The maximum absolute atomic E-state index is 13.2. The fourth-order valence-electron chi connectivity index (χ4n) is 3.31. The molecule has 6 nitrogen and oxygen atoms in total. The van der Waals surface area contributed by atoms with Gasteiger partial charge in [0.05, 0.1) is 6.54 Å². The van der Waals surface area contributed by atoms with Crippen molar-refractivity contribution in [2.24, 2.45) is 0 Å². The van der Waals surface area contributed by atoms with E-state index < -0.39 is 5.54 Å². The molecule has 6 heteroatoms. The van der Waals surface area contributed by atoms with Crippen LogP contribution in [0.5, 0.6) is 0 Å². The highest BCUT2D eigenvalue weighted by Crippen LogP contribution is 2.30. The Balaban J connectivity index is 1.83. The fourth-order valence-corrected chi connectivity index (χ4v) is 3.31. The summed E-state index contributed by atoms with van der Waals surface area (Å²) in [6.07, 6.45) is 3.33. The number of rotatable bonds is 7. The van der Waals surface area contributed by atoms with E-state index in [0.717, 1.165) is 16.7 Å². The van der Waals surface area contributed by atoms with Crippen LogP contribution in [0.15, 0.2) is 67.8 Å². The van der Waals surface area contributed by atoms with Gasteiger partial charge >= 0.3 is 0 Å². The second-order valence-corrected chi connectivity index (χ2v) is 7.02. The van der Waals surface area contributed by atoms with E-state index in [9.17, 15) is 9.59 Å². The van der Waals surface area contributed by atoms with Crippen molar-refractivity contribution in [3.63, 3.8) is 0 Å². The molecule has 3 N–H and O–H groups in total. The predicted octanol–water partition coefficient (Wildman–Crippen LogP) is 3.03. The molecule has 2 aromatic rings. The molecule has 1 saturated heterocycles. The minimum atomic E-state index is -1.03. The summed E-state index contributed by atoms with van der Waals surface area (Å²) in [6, 6.07) is 14.6. The van der Waals surface area contributed by atoms with E-state index in [1.807, 2.05) is 30.3 Å². The van der Waals surface area contributed by atoms with Crippen molar-refractivity contribution in [2.75, 3.05) is 6.54 Å². The van der Waals surface area contributed by atoms with E-state index in [2.05, 4.69) is 23.8 Å². The largest absolute Gasteiger partial charge is 0.349 e. The molecule has 2 amide bonds. The van der Waals surface area contributed by atoms with Gasteiger partial charge in [0, 0.05) is 12.1 Å². The zero-order valence-corrected chi connectivity index (χ0v) is 16.4. The number of carbonyl (C=O) groups is 2. The molecule has 0 radical (unpaired) electrons. The summed E-state index contributed by atoms with van der Waals surface area (Å²) in [5.74, 6) is -0.396. The lowest BCUT2D eigenvalue weighted by Crippen LogP contribution is -2.40. The molecule has 148 valence electrons. The van der Waals surface area contributed by atoms with Crippen molar-refractivity contribution < 1.29 is 9.59 Å². The third kappa shape index (κ3) is 3.96. The summed E-state index contributed by atoms with van der Waals surface area (Å²) in [6.45, 7) is 9.70. The molecule has 2 aromatic carbocycles. The van der Waals surface area contributed by atoms with Crippen LogP contribution in [-0.2, 0) is 16.9 Å². The zero-order chi connectivity index (χ0) is 21.0. The van der Waals surface area contributed by atoms with Crippen LogP contribution in [0.2, 0.25) is 0 Å². The van der Waals surface area contributed by atoms with Crippen molar-refractivity contribution in [1.82, 2.24) is 15.5 Å². The van der Waals surface area contributed by atoms with E-state index in [1.165, 1.54) is 4.90 Å². The first-order valence-electron chi connectivity index (χ1n) is 9.28. The maximum Gasteiger partial charge on any atom is 0.259 e. The van der Waals surface area contributed by atoms with Gasteiger partial charge < -0.3 is 10.6 Å². The van der Waals surface area contributed by atoms with Gasteiger partial charge in [0.1, 0.15) is 5.54 Å². The average Bonchev–Trinajstić information content (AvgIpc) is 2.96. The van der Waals surface area contributed by atoms with Crippen LogP contribution in [0.3, 0.4) is 0 Å². The molecule has 1 aliphatic heterocycles. The molecule has 1 heterocycles. The first kappa shape index (κ1) is 20.1. The standard InChI is InChI=1S/C23H24N4O2/c1-4-12-25-20(28)18-10-6-9-17(13-18)15-27-21(29)23(3,26-22(27)24)19-11-7-8-16(5-2)14-19/h4-11,13-14H,1-2,12,15H2,3H3,(H2,24,26)(H,25,28). The van der Waals surface area contributed by atoms with E-state index in [1.54, 1.807) is 37.3 Å². The Labute approximate surface area is 170 Å². The second kappa shape index (κ2) is 8.14. The lowest BCUT2D eigenvalue weighted by Gasteiger charge is -2.23. The number of benzene rings is 2. The molecular weight excluding hydrogens is 364 g/mol. The van der Waals surface area contributed by atoms with Crippen molar-refractivity contribution in [2.45, 2.75) is 19.0 Å². The highest BCUT2D eigenvalue weighted by molar-refractivity contribution is 6.08. The van der Waals surface area contributed by atoms with Gasteiger partial charge in [-0.3, -0.25) is 19.9 Å². The zero-order valence-electron chi connectivity index (χ0n) is 16.4. The molecule has 1 unspecified atom stereocenters. The van der Waals surface area contributed by atoms with Gasteiger partial charge in [0.15, 0.2) is 5.96 Å². The number of amides is 2. The Morgan fingerprint density at radius 3 is 2.72 bits per heavy atom. The van der Waals surface area contributed by atoms with Crippen molar-refractivity contribution in [3.05, 3.63) is 90.0 Å². The van der Waals surface area contributed by atoms with E-state index in [0.29, 0.717) is 12.1 Å². The van der Waals surface area contributed by atoms with Crippen LogP contribution in [0, 0.1) is 5.41 Å². The lowest BCUT2D eigenvalue weighted by molar-refractivity contribution is -0.131. The summed E-state index contributed by atoms with van der Waals surface area (Å²) >= 11 is 0. The number of nitrogens with one attached hydrogen (secondary N) is 3. The third-order valence-corrected chi connectivity index (χ3v) is 4.95. The van der Waals surface area contributed by atoms with Crippen LogP contribution in [0.25, 0.3) is 6.08 Å². The molecule has 1 aliphatic rings. The van der Waals surface area contributed by atoms with Crippen LogP contribution >= 0.6 is 0 Å². The Morgan fingerprint density at radius 2 is 2.00 bits per heavy atom.